The van der Waals surface area contributed by atoms with Crippen LogP contribution in [0, 0.1) is 0 Å². The van der Waals surface area contributed by atoms with Crippen molar-refractivity contribution in [2.45, 2.75) is 57.9 Å². The molecule has 1 fully saturated rings. The average molecular weight is 296 g/mol. The summed E-state index contributed by atoms with van der Waals surface area (Å²) in [5.41, 5.74) is 0. The predicted octanol–water partition coefficient (Wildman–Crippen LogP) is 2.81. The molecule has 1 heterocycles. The first kappa shape index (κ1) is 17.7. The first-order valence-electron chi connectivity index (χ1n) is 7.60. The summed E-state index contributed by atoms with van der Waals surface area (Å²) in [5, 5.41) is 3.35. The van der Waals surface area contributed by atoms with E-state index < -0.39 is 12.6 Å². The highest BCUT2D eigenvalue weighted by Crippen LogP contribution is 2.24. The highest BCUT2D eigenvalue weighted by Gasteiger charge is 2.30. The predicted molar refractivity (Wildman–Crippen MR) is 73.8 cm³/mol. The maximum absolute atomic E-state index is 12.3. The highest BCUT2D eigenvalue weighted by molar-refractivity contribution is 4.83. The number of likely N-dealkylation sites (N-methyl/N-ethyl adjacent to an activating group) is 1. The Morgan fingerprint density at radius 2 is 2.10 bits per heavy atom. The van der Waals surface area contributed by atoms with Crippen LogP contribution >= 0.6 is 0 Å². The summed E-state index contributed by atoms with van der Waals surface area (Å²) in [6, 6.07) is 0.0200. The third kappa shape index (κ3) is 6.90. The second kappa shape index (κ2) is 8.85. The van der Waals surface area contributed by atoms with Crippen molar-refractivity contribution in [3.05, 3.63) is 0 Å². The first-order chi connectivity index (χ1) is 9.46. The van der Waals surface area contributed by atoms with E-state index in [4.69, 9.17) is 4.74 Å². The molecule has 0 spiro atoms. The quantitative estimate of drug-likeness (QED) is 0.745. The normalized spacial score (nSPS) is 22.9. The molecule has 20 heavy (non-hydrogen) atoms. The maximum Gasteiger partial charge on any atom is 0.389 e. The molecule has 3 nitrogen and oxygen atoms in total. The lowest BCUT2D eigenvalue weighted by Gasteiger charge is -2.37. The largest absolute Gasteiger partial charge is 0.389 e. The first-order valence-corrected chi connectivity index (χ1v) is 7.60. The van der Waals surface area contributed by atoms with Crippen molar-refractivity contribution in [1.82, 2.24) is 10.2 Å². The number of halogens is 3. The van der Waals surface area contributed by atoms with Gasteiger partial charge in [-0.3, -0.25) is 4.90 Å². The fourth-order valence-corrected chi connectivity index (χ4v) is 2.53. The Bertz CT molecular complexity index is 261. The van der Waals surface area contributed by atoms with Crippen LogP contribution in [0.3, 0.4) is 0 Å². The lowest BCUT2D eigenvalue weighted by Crippen LogP contribution is -2.52. The van der Waals surface area contributed by atoms with Crippen LogP contribution in [-0.4, -0.2) is 56.0 Å². The van der Waals surface area contributed by atoms with Gasteiger partial charge in [0.15, 0.2) is 0 Å². The van der Waals surface area contributed by atoms with Crippen molar-refractivity contribution < 1.29 is 17.9 Å². The van der Waals surface area contributed by atoms with E-state index in [9.17, 15) is 13.2 Å². The topological polar surface area (TPSA) is 24.5 Å². The second-order valence-corrected chi connectivity index (χ2v) is 5.37. The number of nitrogens with one attached hydrogen (secondary N) is 1. The summed E-state index contributed by atoms with van der Waals surface area (Å²) in [7, 11) is 0. The molecule has 0 aliphatic carbocycles. The molecule has 2 atom stereocenters. The van der Waals surface area contributed by atoms with E-state index in [1.165, 1.54) is 0 Å². The summed E-state index contributed by atoms with van der Waals surface area (Å²) in [6.07, 6.45) is -3.11. The smallest absolute Gasteiger partial charge is 0.374 e. The number of hydrogen-bond donors (Lipinski definition) is 1. The zero-order chi connectivity index (χ0) is 15.0. The molecule has 0 aromatic rings. The van der Waals surface area contributed by atoms with E-state index in [-0.39, 0.29) is 18.6 Å². The van der Waals surface area contributed by atoms with Gasteiger partial charge in [0.1, 0.15) is 0 Å². The van der Waals surface area contributed by atoms with Crippen LogP contribution in [0.1, 0.15) is 39.5 Å². The summed E-state index contributed by atoms with van der Waals surface area (Å²) >= 11 is 0. The Hall–Kier alpha value is -0.330. The summed E-state index contributed by atoms with van der Waals surface area (Å²) in [6.45, 7) is 8.33. The molecule has 0 aromatic carbocycles. The summed E-state index contributed by atoms with van der Waals surface area (Å²) in [5.74, 6) is 0. The lowest BCUT2D eigenvalue weighted by atomic mass is 10.0. The molecule has 0 bridgehead atoms. The molecular weight excluding hydrogens is 269 g/mol. The van der Waals surface area contributed by atoms with Gasteiger partial charge in [-0.1, -0.05) is 13.8 Å². The number of ether oxygens (including phenoxy) is 1. The standard InChI is InChI=1S/C14H27F3N2O/c1-3-8-18-12(6-5-7-14(15,16)17)13-11-19(4-2)9-10-20-13/h12-13,18H,3-11H2,1-2H3. The van der Waals surface area contributed by atoms with Gasteiger partial charge < -0.3 is 10.1 Å². The molecule has 1 aliphatic rings. The fraction of sp³-hybridized carbons (Fsp3) is 1.00. The molecule has 2 unspecified atom stereocenters. The number of alkyl halides is 3. The SMILES string of the molecule is CCCNC(CCCC(F)(F)F)C1CN(CC)CCO1. The van der Waals surface area contributed by atoms with Crippen LogP contribution in [0.5, 0.6) is 0 Å². The van der Waals surface area contributed by atoms with Crippen molar-refractivity contribution in [1.29, 1.82) is 0 Å². The van der Waals surface area contributed by atoms with Crippen LogP contribution in [-0.2, 0) is 4.74 Å². The van der Waals surface area contributed by atoms with Gasteiger partial charge in [0.2, 0.25) is 0 Å². The van der Waals surface area contributed by atoms with E-state index in [0.717, 1.165) is 32.6 Å². The summed E-state index contributed by atoms with van der Waals surface area (Å²) < 4.78 is 42.5. The van der Waals surface area contributed by atoms with Crippen LogP contribution < -0.4 is 5.32 Å². The van der Waals surface area contributed by atoms with E-state index in [1.807, 2.05) is 0 Å². The monoisotopic (exact) mass is 296 g/mol. The van der Waals surface area contributed by atoms with Gasteiger partial charge in [0.25, 0.3) is 0 Å². The van der Waals surface area contributed by atoms with E-state index in [1.54, 1.807) is 0 Å². The number of morpholine rings is 1. The Balaban J connectivity index is 2.45. The molecular formula is C14H27F3N2O. The van der Waals surface area contributed by atoms with E-state index in [2.05, 4.69) is 24.1 Å². The van der Waals surface area contributed by atoms with Gasteiger partial charge in [-0.25, -0.2) is 0 Å². The molecule has 0 aromatic heterocycles. The van der Waals surface area contributed by atoms with Crippen molar-refractivity contribution in [2.75, 3.05) is 32.8 Å². The van der Waals surface area contributed by atoms with Crippen LogP contribution in [0.4, 0.5) is 13.2 Å². The second-order valence-electron chi connectivity index (χ2n) is 5.37. The summed E-state index contributed by atoms with van der Waals surface area (Å²) in [4.78, 5) is 2.29. The van der Waals surface area contributed by atoms with Crippen LogP contribution in [0.15, 0.2) is 0 Å². The Kier molecular flexibility index (Phi) is 7.84. The minimum Gasteiger partial charge on any atom is -0.374 e. The van der Waals surface area contributed by atoms with Crippen LogP contribution in [0.2, 0.25) is 0 Å². The third-order valence-corrected chi connectivity index (χ3v) is 3.71. The Labute approximate surface area is 119 Å². The number of hydrogen-bond acceptors (Lipinski definition) is 3. The van der Waals surface area contributed by atoms with Crippen molar-refractivity contribution in [2.24, 2.45) is 0 Å². The molecule has 6 heteroatoms. The lowest BCUT2D eigenvalue weighted by molar-refractivity contribution is -0.136. The van der Waals surface area contributed by atoms with E-state index >= 15 is 0 Å². The van der Waals surface area contributed by atoms with Crippen molar-refractivity contribution in [3.63, 3.8) is 0 Å². The number of nitrogens with zero attached hydrogens (tertiary/aromatic N) is 1. The molecule has 120 valence electrons. The number of rotatable bonds is 8. The molecule has 0 amide bonds. The van der Waals surface area contributed by atoms with Gasteiger partial charge in [0, 0.05) is 25.6 Å². The maximum atomic E-state index is 12.3. The van der Waals surface area contributed by atoms with Crippen molar-refractivity contribution in [3.8, 4) is 0 Å². The van der Waals surface area contributed by atoms with Crippen LogP contribution in [0.25, 0.3) is 0 Å². The third-order valence-electron chi connectivity index (χ3n) is 3.71. The van der Waals surface area contributed by atoms with Gasteiger partial charge in [-0.2, -0.15) is 13.2 Å². The van der Waals surface area contributed by atoms with Gasteiger partial charge in [-0.15, -0.1) is 0 Å². The molecule has 1 N–H and O–H groups in total. The minimum absolute atomic E-state index is 0.00323. The molecule has 0 radical (unpaired) electrons. The fourth-order valence-electron chi connectivity index (χ4n) is 2.53. The van der Waals surface area contributed by atoms with Gasteiger partial charge in [-0.05, 0) is 32.4 Å². The zero-order valence-electron chi connectivity index (χ0n) is 12.5. The molecule has 1 saturated heterocycles. The van der Waals surface area contributed by atoms with Gasteiger partial charge in [0.05, 0.1) is 12.7 Å². The molecule has 1 aliphatic heterocycles. The highest BCUT2D eigenvalue weighted by atomic mass is 19.4. The Morgan fingerprint density at radius 1 is 1.35 bits per heavy atom. The Morgan fingerprint density at radius 3 is 2.70 bits per heavy atom. The molecule has 0 saturated carbocycles. The zero-order valence-corrected chi connectivity index (χ0v) is 12.5. The van der Waals surface area contributed by atoms with Crippen molar-refractivity contribution >= 4 is 0 Å². The van der Waals surface area contributed by atoms with E-state index in [0.29, 0.717) is 13.0 Å². The molecule has 1 rings (SSSR count). The average Bonchev–Trinajstić information content (AvgIpc) is 2.41. The minimum atomic E-state index is -4.06. The van der Waals surface area contributed by atoms with Gasteiger partial charge >= 0.3 is 6.18 Å².